The van der Waals surface area contributed by atoms with E-state index < -0.39 is 0 Å². The molecule has 0 atom stereocenters. The molecule has 0 aliphatic rings. The molecule has 0 N–H and O–H groups in total. The summed E-state index contributed by atoms with van der Waals surface area (Å²) in [6, 6.07) is 0. The molecule has 0 aromatic heterocycles. The maximum Gasteiger partial charge on any atom is 2.00 e. The van der Waals surface area contributed by atoms with Crippen LogP contribution in [0.5, 0.6) is 0 Å². The van der Waals surface area contributed by atoms with Crippen LogP contribution in [0, 0.1) is 13.0 Å². The van der Waals surface area contributed by atoms with E-state index in [1.807, 2.05) is 0 Å². The molecule has 0 aromatic rings. The van der Waals surface area contributed by atoms with E-state index in [-0.39, 0.29) is 19.5 Å². The SMILES string of the molecule is CCCC[C-]=C(CC)CCCC.[CH2-]C.[Zn+2]. The first kappa shape index (κ1) is 20.7. The second kappa shape index (κ2) is 19.9. The molecule has 0 aliphatic heterocycles. The van der Waals surface area contributed by atoms with E-state index in [4.69, 9.17) is 0 Å². The Labute approximate surface area is 111 Å². The molecule has 0 amide bonds. The Morgan fingerprint density at radius 2 is 1.53 bits per heavy atom. The van der Waals surface area contributed by atoms with Crippen molar-refractivity contribution in [2.75, 3.05) is 0 Å². The van der Waals surface area contributed by atoms with Gasteiger partial charge >= 0.3 is 19.5 Å². The van der Waals surface area contributed by atoms with Gasteiger partial charge in [0.1, 0.15) is 0 Å². The third-order valence-corrected chi connectivity index (χ3v) is 2.16. The van der Waals surface area contributed by atoms with Gasteiger partial charge in [-0.25, -0.2) is 0 Å². The number of unbranched alkanes of at least 4 members (excludes halogenated alkanes) is 3. The minimum absolute atomic E-state index is 0. The molecular formula is C14H28Zn. The van der Waals surface area contributed by atoms with Crippen molar-refractivity contribution in [2.24, 2.45) is 0 Å². The van der Waals surface area contributed by atoms with Crippen molar-refractivity contribution in [2.45, 2.75) is 72.6 Å². The quantitative estimate of drug-likeness (QED) is 0.329. The van der Waals surface area contributed by atoms with Gasteiger partial charge in [0.05, 0.1) is 0 Å². The normalized spacial score (nSPS) is 10.1. The van der Waals surface area contributed by atoms with Gasteiger partial charge in [-0.3, -0.25) is 5.57 Å². The first-order valence-electron chi connectivity index (χ1n) is 6.14. The van der Waals surface area contributed by atoms with E-state index in [1.165, 1.54) is 44.9 Å². The summed E-state index contributed by atoms with van der Waals surface area (Å²) < 4.78 is 0. The van der Waals surface area contributed by atoms with Gasteiger partial charge in [-0.1, -0.05) is 59.3 Å². The fourth-order valence-corrected chi connectivity index (χ4v) is 1.22. The summed E-state index contributed by atoms with van der Waals surface area (Å²) in [4.78, 5) is 0. The molecule has 0 bridgehead atoms. The average Bonchev–Trinajstić information content (AvgIpc) is 2.26. The molecule has 1 heteroatoms. The molecule has 86 valence electrons. The van der Waals surface area contributed by atoms with E-state index in [0.717, 1.165) is 0 Å². The molecule has 0 spiro atoms. The second-order valence-corrected chi connectivity index (χ2v) is 3.34. The molecule has 0 saturated carbocycles. The summed E-state index contributed by atoms with van der Waals surface area (Å²) in [7, 11) is 0. The van der Waals surface area contributed by atoms with Crippen LogP contribution in [0.1, 0.15) is 72.6 Å². The van der Waals surface area contributed by atoms with Crippen LogP contribution in [0.15, 0.2) is 5.57 Å². The maximum absolute atomic E-state index is 3.52. The number of rotatable bonds is 7. The van der Waals surface area contributed by atoms with Crippen LogP contribution in [0.25, 0.3) is 0 Å². The summed E-state index contributed by atoms with van der Waals surface area (Å²) in [5.74, 6) is 0. The Balaban J connectivity index is -0.000000449. The zero-order chi connectivity index (χ0) is 11.2. The summed E-state index contributed by atoms with van der Waals surface area (Å²) in [5.41, 5.74) is 1.55. The largest absolute Gasteiger partial charge is 2.00 e. The summed E-state index contributed by atoms with van der Waals surface area (Å²) in [6.07, 6.45) is 12.4. The Morgan fingerprint density at radius 1 is 1.00 bits per heavy atom. The number of hydrogen-bond acceptors (Lipinski definition) is 0. The molecule has 0 saturated heterocycles. The van der Waals surface area contributed by atoms with Crippen LogP contribution in [0.2, 0.25) is 0 Å². The first-order valence-corrected chi connectivity index (χ1v) is 6.14. The van der Waals surface area contributed by atoms with Gasteiger partial charge < -0.3 is 13.0 Å². The van der Waals surface area contributed by atoms with E-state index in [1.54, 1.807) is 12.5 Å². The summed E-state index contributed by atoms with van der Waals surface area (Å²) >= 11 is 0. The minimum atomic E-state index is 0. The predicted molar refractivity (Wildman–Crippen MR) is 67.1 cm³/mol. The third-order valence-electron chi connectivity index (χ3n) is 2.16. The Kier molecular flexibility index (Phi) is 27.5. The molecule has 0 fully saturated rings. The first-order chi connectivity index (χ1) is 6.85. The molecular weight excluding hydrogens is 234 g/mol. The Bertz CT molecular complexity index is 117. The standard InChI is InChI=1S/C12H23.C2H5.Zn/c1-4-7-9-11-12(6-3)10-8-5-2;1-2;/h4-10H2,1-3H3;1H2,2H3;/q2*-1;+2. The van der Waals surface area contributed by atoms with E-state index in [0.29, 0.717) is 0 Å². The van der Waals surface area contributed by atoms with Gasteiger partial charge in [-0.05, 0) is 0 Å². The van der Waals surface area contributed by atoms with Crippen molar-refractivity contribution < 1.29 is 19.5 Å². The van der Waals surface area contributed by atoms with Crippen molar-refractivity contribution in [3.8, 4) is 0 Å². The zero-order valence-corrected chi connectivity index (χ0v) is 14.3. The number of allylic oxidation sites excluding steroid dienone is 2. The van der Waals surface area contributed by atoms with Crippen LogP contribution in [0.4, 0.5) is 0 Å². The van der Waals surface area contributed by atoms with E-state index in [9.17, 15) is 0 Å². The number of hydrogen-bond donors (Lipinski definition) is 0. The van der Waals surface area contributed by atoms with E-state index in [2.05, 4.69) is 33.8 Å². The molecule has 0 radical (unpaired) electrons. The van der Waals surface area contributed by atoms with Crippen molar-refractivity contribution in [1.82, 2.24) is 0 Å². The molecule has 0 rings (SSSR count). The molecule has 0 heterocycles. The van der Waals surface area contributed by atoms with Gasteiger partial charge in [0.25, 0.3) is 0 Å². The maximum atomic E-state index is 3.52. The molecule has 0 unspecified atom stereocenters. The molecule has 0 aliphatic carbocycles. The van der Waals surface area contributed by atoms with Crippen molar-refractivity contribution in [3.63, 3.8) is 0 Å². The average molecular weight is 262 g/mol. The van der Waals surface area contributed by atoms with Crippen LogP contribution >= 0.6 is 0 Å². The second-order valence-electron chi connectivity index (χ2n) is 3.34. The predicted octanol–water partition coefficient (Wildman–Crippen LogP) is 5.34. The van der Waals surface area contributed by atoms with Crippen LogP contribution < -0.4 is 0 Å². The minimum Gasteiger partial charge on any atom is -0.497 e. The van der Waals surface area contributed by atoms with E-state index >= 15 is 0 Å². The van der Waals surface area contributed by atoms with Crippen LogP contribution in [-0.4, -0.2) is 0 Å². The fourth-order valence-electron chi connectivity index (χ4n) is 1.22. The Hall–Kier alpha value is 0.363. The smallest absolute Gasteiger partial charge is 0.497 e. The molecule has 0 aromatic carbocycles. The summed E-state index contributed by atoms with van der Waals surface area (Å²) in [6.45, 7) is 11.7. The van der Waals surface area contributed by atoms with Crippen molar-refractivity contribution in [1.29, 1.82) is 0 Å². The zero-order valence-electron chi connectivity index (χ0n) is 11.4. The van der Waals surface area contributed by atoms with Gasteiger partial charge in [0.2, 0.25) is 0 Å². The Morgan fingerprint density at radius 3 is 1.93 bits per heavy atom. The van der Waals surface area contributed by atoms with Gasteiger partial charge in [0, 0.05) is 0 Å². The van der Waals surface area contributed by atoms with Crippen molar-refractivity contribution in [3.05, 3.63) is 18.6 Å². The van der Waals surface area contributed by atoms with Crippen LogP contribution in [-0.2, 0) is 19.5 Å². The van der Waals surface area contributed by atoms with Crippen LogP contribution in [0.3, 0.4) is 0 Å². The van der Waals surface area contributed by atoms with Gasteiger partial charge in [-0.15, -0.1) is 0 Å². The fraction of sp³-hybridized carbons (Fsp3) is 0.786. The topological polar surface area (TPSA) is 0 Å². The van der Waals surface area contributed by atoms with Crippen molar-refractivity contribution >= 4 is 0 Å². The van der Waals surface area contributed by atoms with Gasteiger partial charge in [-0.2, -0.15) is 13.3 Å². The van der Waals surface area contributed by atoms with Gasteiger partial charge in [0.15, 0.2) is 0 Å². The third kappa shape index (κ3) is 17.0. The molecule has 15 heavy (non-hydrogen) atoms. The monoisotopic (exact) mass is 260 g/mol. The summed E-state index contributed by atoms with van der Waals surface area (Å²) in [5, 5.41) is 0. The molecule has 0 nitrogen and oxygen atoms in total.